The van der Waals surface area contributed by atoms with Crippen LogP contribution in [-0.2, 0) is 0 Å². The SMILES string of the molecule is CC=CC1(O)CCN(C(=O)c2ccc(NSc3cccc4scnc34)cc2)CC1. The van der Waals surface area contributed by atoms with Crippen LogP contribution in [0.5, 0.6) is 0 Å². The third-order valence-corrected chi connectivity index (χ3v) is 6.81. The Labute approximate surface area is 178 Å². The van der Waals surface area contributed by atoms with Gasteiger partial charge in [0.25, 0.3) is 5.91 Å². The fourth-order valence-electron chi connectivity index (χ4n) is 3.49. The molecule has 1 fully saturated rings. The van der Waals surface area contributed by atoms with Crippen molar-refractivity contribution in [1.82, 2.24) is 9.88 Å². The number of amides is 1. The first-order valence-electron chi connectivity index (χ1n) is 9.59. The van der Waals surface area contributed by atoms with Crippen molar-refractivity contribution in [2.45, 2.75) is 30.3 Å². The van der Waals surface area contributed by atoms with Crippen LogP contribution in [0.25, 0.3) is 10.2 Å². The number of para-hydroxylation sites is 1. The molecule has 7 heteroatoms. The van der Waals surface area contributed by atoms with Crippen molar-refractivity contribution in [3.05, 3.63) is 65.7 Å². The molecule has 2 aromatic carbocycles. The molecule has 1 saturated heterocycles. The van der Waals surface area contributed by atoms with Gasteiger partial charge in [0.2, 0.25) is 0 Å². The molecule has 150 valence electrons. The lowest BCUT2D eigenvalue weighted by Crippen LogP contribution is -2.45. The van der Waals surface area contributed by atoms with Crippen molar-refractivity contribution in [1.29, 1.82) is 0 Å². The summed E-state index contributed by atoms with van der Waals surface area (Å²) in [4.78, 5) is 20.1. The molecule has 0 unspecified atom stereocenters. The monoisotopic (exact) mass is 425 g/mol. The number of hydrogen-bond acceptors (Lipinski definition) is 6. The van der Waals surface area contributed by atoms with E-state index < -0.39 is 5.60 Å². The fourth-order valence-corrected chi connectivity index (χ4v) is 5.03. The second-order valence-electron chi connectivity index (χ2n) is 7.13. The molecule has 0 saturated carbocycles. The molecule has 1 amide bonds. The molecule has 1 aliphatic rings. The average Bonchev–Trinajstić information content (AvgIpc) is 3.22. The zero-order valence-corrected chi connectivity index (χ0v) is 17.8. The quantitative estimate of drug-likeness (QED) is 0.447. The summed E-state index contributed by atoms with van der Waals surface area (Å²) in [6.07, 6.45) is 4.85. The van der Waals surface area contributed by atoms with E-state index in [0.29, 0.717) is 31.5 Å². The van der Waals surface area contributed by atoms with E-state index >= 15 is 0 Å². The molecular weight excluding hydrogens is 402 g/mol. The minimum Gasteiger partial charge on any atom is -0.386 e. The number of likely N-dealkylation sites (tertiary alicyclic amines) is 1. The van der Waals surface area contributed by atoms with Crippen LogP contribution in [0.2, 0.25) is 0 Å². The number of carbonyl (C=O) groups is 1. The second kappa shape index (κ2) is 8.57. The van der Waals surface area contributed by atoms with Crippen molar-refractivity contribution in [3.63, 3.8) is 0 Å². The Bertz CT molecular complexity index is 1020. The fraction of sp³-hybridized carbons (Fsp3) is 0.273. The number of rotatable bonds is 5. The number of anilines is 1. The van der Waals surface area contributed by atoms with Crippen molar-refractivity contribution >= 4 is 45.1 Å². The number of thiazole rings is 1. The molecule has 3 aromatic rings. The van der Waals surface area contributed by atoms with Gasteiger partial charge in [-0.2, -0.15) is 0 Å². The predicted molar refractivity (Wildman–Crippen MR) is 120 cm³/mol. The molecule has 0 radical (unpaired) electrons. The van der Waals surface area contributed by atoms with Crippen LogP contribution in [0.3, 0.4) is 0 Å². The molecule has 1 aliphatic heterocycles. The first-order chi connectivity index (χ1) is 14.1. The Morgan fingerprint density at radius 3 is 2.72 bits per heavy atom. The van der Waals surface area contributed by atoms with Crippen LogP contribution in [0.4, 0.5) is 5.69 Å². The lowest BCUT2D eigenvalue weighted by atomic mass is 9.91. The van der Waals surface area contributed by atoms with E-state index in [9.17, 15) is 9.90 Å². The van der Waals surface area contributed by atoms with Crippen LogP contribution in [-0.4, -0.2) is 39.6 Å². The summed E-state index contributed by atoms with van der Waals surface area (Å²) in [5.74, 6) is 0.0129. The van der Waals surface area contributed by atoms with E-state index in [4.69, 9.17) is 0 Å². The Morgan fingerprint density at radius 1 is 1.24 bits per heavy atom. The molecule has 4 rings (SSSR count). The topological polar surface area (TPSA) is 65.5 Å². The largest absolute Gasteiger partial charge is 0.386 e. The molecule has 0 spiro atoms. The summed E-state index contributed by atoms with van der Waals surface area (Å²) in [5, 5.41) is 10.4. The van der Waals surface area contributed by atoms with Crippen LogP contribution < -0.4 is 4.72 Å². The van der Waals surface area contributed by atoms with E-state index in [-0.39, 0.29) is 5.91 Å². The van der Waals surface area contributed by atoms with Crippen LogP contribution >= 0.6 is 23.3 Å². The number of aliphatic hydroxyl groups is 1. The number of hydrogen-bond donors (Lipinski definition) is 2. The van der Waals surface area contributed by atoms with Crippen LogP contribution in [0.1, 0.15) is 30.1 Å². The highest BCUT2D eigenvalue weighted by atomic mass is 32.2. The molecule has 0 aliphatic carbocycles. The van der Waals surface area contributed by atoms with Crippen molar-refractivity contribution in [2.24, 2.45) is 0 Å². The summed E-state index contributed by atoms with van der Waals surface area (Å²) >= 11 is 3.15. The Kier molecular flexibility index (Phi) is 5.89. The van der Waals surface area contributed by atoms with E-state index in [1.165, 1.54) is 16.6 Å². The maximum Gasteiger partial charge on any atom is 0.253 e. The molecule has 5 nitrogen and oxygen atoms in total. The Hall–Kier alpha value is -2.35. The van der Waals surface area contributed by atoms with E-state index in [1.54, 1.807) is 11.3 Å². The zero-order chi connectivity index (χ0) is 20.3. The van der Waals surface area contributed by atoms with Gasteiger partial charge < -0.3 is 14.7 Å². The zero-order valence-electron chi connectivity index (χ0n) is 16.2. The molecule has 0 bridgehead atoms. The highest BCUT2D eigenvalue weighted by Crippen LogP contribution is 2.30. The molecule has 29 heavy (non-hydrogen) atoms. The average molecular weight is 426 g/mol. The third-order valence-electron chi connectivity index (χ3n) is 5.13. The molecule has 1 aromatic heterocycles. The summed E-state index contributed by atoms with van der Waals surface area (Å²) in [6.45, 7) is 3.03. The van der Waals surface area contributed by atoms with E-state index in [0.717, 1.165) is 16.1 Å². The van der Waals surface area contributed by atoms with Gasteiger partial charge in [-0.05, 0) is 68.1 Å². The van der Waals surface area contributed by atoms with E-state index in [1.807, 2.05) is 65.9 Å². The maximum atomic E-state index is 12.8. The number of piperidine rings is 1. The van der Waals surface area contributed by atoms with Crippen molar-refractivity contribution < 1.29 is 9.90 Å². The summed E-state index contributed by atoms with van der Waals surface area (Å²) in [5.41, 5.74) is 3.68. The third kappa shape index (κ3) is 4.47. The van der Waals surface area contributed by atoms with Gasteiger partial charge in [0.1, 0.15) is 0 Å². The first kappa shape index (κ1) is 19.9. The molecule has 2 N–H and O–H groups in total. The highest BCUT2D eigenvalue weighted by molar-refractivity contribution is 8.00. The van der Waals surface area contributed by atoms with Gasteiger partial charge in [-0.25, -0.2) is 4.98 Å². The number of nitrogens with one attached hydrogen (secondary N) is 1. The standard InChI is InChI=1S/C22H23N3O2S2/c1-2-10-22(27)11-13-25(14-12-22)21(26)16-6-8-17(9-7-16)24-29-19-5-3-4-18-20(19)23-15-28-18/h2-10,15,24,27H,11-14H2,1H3. The normalized spacial score (nSPS) is 16.4. The number of aromatic nitrogens is 1. The number of benzene rings is 2. The Balaban J connectivity index is 1.37. The molecular formula is C22H23N3O2S2. The molecule has 0 atom stereocenters. The van der Waals surface area contributed by atoms with Gasteiger partial charge in [-0.1, -0.05) is 18.2 Å². The van der Waals surface area contributed by atoms with E-state index in [2.05, 4.69) is 15.8 Å². The smallest absolute Gasteiger partial charge is 0.253 e. The van der Waals surface area contributed by atoms with Gasteiger partial charge >= 0.3 is 0 Å². The van der Waals surface area contributed by atoms with Gasteiger partial charge in [0.05, 0.1) is 26.2 Å². The highest BCUT2D eigenvalue weighted by Gasteiger charge is 2.31. The van der Waals surface area contributed by atoms with Crippen LogP contribution in [0.15, 0.2) is 65.0 Å². The number of nitrogens with zero attached hydrogens (tertiary/aromatic N) is 2. The van der Waals surface area contributed by atoms with Gasteiger partial charge in [-0.15, -0.1) is 11.3 Å². The number of fused-ring (bicyclic) bond motifs is 1. The Morgan fingerprint density at radius 2 is 2.00 bits per heavy atom. The maximum absolute atomic E-state index is 12.8. The van der Waals surface area contributed by atoms with Gasteiger partial charge in [0.15, 0.2) is 0 Å². The first-order valence-corrected chi connectivity index (χ1v) is 11.3. The van der Waals surface area contributed by atoms with Gasteiger partial charge in [-0.3, -0.25) is 4.79 Å². The van der Waals surface area contributed by atoms with Crippen molar-refractivity contribution in [2.75, 3.05) is 17.8 Å². The summed E-state index contributed by atoms with van der Waals surface area (Å²) in [6, 6.07) is 13.7. The van der Waals surface area contributed by atoms with Gasteiger partial charge in [0, 0.05) is 24.3 Å². The minimum atomic E-state index is -0.781. The second-order valence-corrected chi connectivity index (χ2v) is 8.87. The number of allylic oxidation sites excluding steroid dienone is 1. The van der Waals surface area contributed by atoms with Crippen molar-refractivity contribution in [3.8, 4) is 0 Å². The lowest BCUT2D eigenvalue weighted by Gasteiger charge is -2.36. The van der Waals surface area contributed by atoms with Crippen LogP contribution in [0, 0.1) is 0 Å². The predicted octanol–water partition coefficient (Wildman–Crippen LogP) is 4.96. The lowest BCUT2D eigenvalue weighted by molar-refractivity contribution is 0.0186. The molecule has 2 heterocycles. The minimum absolute atomic E-state index is 0.0129. The summed E-state index contributed by atoms with van der Waals surface area (Å²) in [7, 11) is 0. The number of carbonyl (C=O) groups excluding carboxylic acids is 1. The summed E-state index contributed by atoms with van der Waals surface area (Å²) < 4.78 is 4.50.